The van der Waals surface area contributed by atoms with Gasteiger partial charge in [0.2, 0.25) is 0 Å². The van der Waals surface area contributed by atoms with Crippen LogP contribution in [0.5, 0.6) is 5.75 Å². The van der Waals surface area contributed by atoms with Gasteiger partial charge in [0.05, 0.1) is 17.9 Å². The fraction of sp³-hybridized carbons (Fsp3) is 0.214. The predicted molar refractivity (Wildman–Crippen MR) is 132 cm³/mol. The first-order chi connectivity index (χ1) is 15.8. The molecule has 1 aliphatic heterocycles. The lowest BCUT2D eigenvalue weighted by Gasteiger charge is -2.19. The number of anilines is 2. The molecule has 0 fully saturated rings. The second-order valence-corrected chi connectivity index (χ2v) is 8.32. The first-order valence-corrected chi connectivity index (χ1v) is 11.1. The van der Waals surface area contributed by atoms with Crippen LogP contribution in [0.2, 0.25) is 0 Å². The molecule has 5 nitrogen and oxygen atoms in total. The molecule has 0 atom stereocenters. The van der Waals surface area contributed by atoms with Gasteiger partial charge in [0.15, 0.2) is 0 Å². The van der Waals surface area contributed by atoms with Crippen molar-refractivity contribution in [3.63, 3.8) is 0 Å². The molecule has 1 aliphatic rings. The molecule has 3 aromatic rings. The molecule has 0 saturated carbocycles. The van der Waals surface area contributed by atoms with Crippen molar-refractivity contribution < 1.29 is 14.3 Å². The molecule has 1 N–H and O–H groups in total. The molecule has 3 aromatic carbocycles. The monoisotopic (exact) mass is 440 g/mol. The van der Waals surface area contributed by atoms with Gasteiger partial charge in [-0.25, -0.2) is 4.90 Å². The van der Waals surface area contributed by atoms with Crippen molar-refractivity contribution in [3.05, 3.63) is 94.2 Å². The van der Waals surface area contributed by atoms with E-state index < -0.39 is 0 Å². The van der Waals surface area contributed by atoms with E-state index in [1.807, 2.05) is 95.3 Å². The van der Waals surface area contributed by atoms with Gasteiger partial charge >= 0.3 is 0 Å². The molecule has 0 radical (unpaired) electrons. The van der Waals surface area contributed by atoms with Gasteiger partial charge < -0.3 is 10.1 Å². The molecule has 1 heterocycles. The van der Waals surface area contributed by atoms with Gasteiger partial charge in [-0.3, -0.25) is 9.59 Å². The standard InChI is InChI=1S/C28H28N2O3/c1-6-33-22-14-12-21(13-15-22)25-26(29-23-9-7-8-18(3)20(23)5)28(32)30(27(25)31)24-16-17(2)10-11-19(24)4/h7-16,29H,6H2,1-5H3. The Labute approximate surface area is 194 Å². The van der Waals surface area contributed by atoms with Gasteiger partial charge in [-0.05, 0) is 86.7 Å². The van der Waals surface area contributed by atoms with Gasteiger partial charge in [0.1, 0.15) is 11.4 Å². The molecule has 2 amide bonds. The van der Waals surface area contributed by atoms with Crippen LogP contribution in [0.3, 0.4) is 0 Å². The van der Waals surface area contributed by atoms with Crippen LogP contribution in [0.4, 0.5) is 11.4 Å². The Morgan fingerprint density at radius 3 is 2.27 bits per heavy atom. The predicted octanol–water partition coefficient (Wildman–Crippen LogP) is 5.72. The van der Waals surface area contributed by atoms with Gasteiger partial charge in [0.25, 0.3) is 11.8 Å². The number of carbonyl (C=O) groups excluding carboxylic acids is 2. The van der Waals surface area contributed by atoms with Crippen molar-refractivity contribution in [1.82, 2.24) is 0 Å². The van der Waals surface area contributed by atoms with Crippen molar-refractivity contribution in [3.8, 4) is 5.75 Å². The third kappa shape index (κ3) is 4.14. The molecule has 168 valence electrons. The van der Waals surface area contributed by atoms with Gasteiger partial charge in [-0.1, -0.05) is 36.4 Å². The van der Waals surface area contributed by atoms with E-state index in [4.69, 9.17) is 4.74 Å². The van der Waals surface area contributed by atoms with Crippen LogP contribution in [0.1, 0.15) is 34.7 Å². The SMILES string of the molecule is CCOc1ccc(C2=C(Nc3cccc(C)c3C)C(=O)N(c3cc(C)ccc3C)C2=O)cc1. The summed E-state index contributed by atoms with van der Waals surface area (Å²) in [5.41, 5.74) is 6.67. The number of benzene rings is 3. The summed E-state index contributed by atoms with van der Waals surface area (Å²) in [7, 11) is 0. The maximum absolute atomic E-state index is 13.7. The van der Waals surface area contributed by atoms with Crippen LogP contribution >= 0.6 is 0 Å². The number of carbonyl (C=O) groups is 2. The number of nitrogens with one attached hydrogen (secondary N) is 1. The summed E-state index contributed by atoms with van der Waals surface area (Å²) in [6.07, 6.45) is 0. The summed E-state index contributed by atoms with van der Waals surface area (Å²) in [6, 6.07) is 18.9. The number of nitrogens with zero attached hydrogens (tertiary/aromatic N) is 1. The molecule has 33 heavy (non-hydrogen) atoms. The first-order valence-electron chi connectivity index (χ1n) is 11.1. The zero-order valence-electron chi connectivity index (χ0n) is 19.7. The lowest BCUT2D eigenvalue weighted by Crippen LogP contribution is -2.33. The van der Waals surface area contributed by atoms with Crippen molar-refractivity contribution in [2.24, 2.45) is 0 Å². The van der Waals surface area contributed by atoms with Crippen molar-refractivity contribution in [2.45, 2.75) is 34.6 Å². The van der Waals surface area contributed by atoms with E-state index >= 15 is 0 Å². The van der Waals surface area contributed by atoms with Gasteiger partial charge in [-0.15, -0.1) is 0 Å². The minimum Gasteiger partial charge on any atom is -0.494 e. The van der Waals surface area contributed by atoms with Crippen LogP contribution in [0.15, 0.2) is 66.4 Å². The lowest BCUT2D eigenvalue weighted by atomic mass is 10.0. The second kappa shape index (κ2) is 8.94. The van der Waals surface area contributed by atoms with Crippen LogP contribution in [0.25, 0.3) is 5.57 Å². The Bertz CT molecular complexity index is 1270. The van der Waals surface area contributed by atoms with Crippen LogP contribution in [0, 0.1) is 27.7 Å². The smallest absolute Gasteiger partial charge is 0.282 e. The third-order valence-electron chi connectivity index (χ3n) is 6.01. The molecule has 0 aromatic heterocycles. The van der Waals surface area contributed by atoms with E-state index in [0.29, 0.717) is 29.2 Å². The summed E-state index contributed by atoms with van der Waals surface area (Å²) < 4.78 is 5.55. The maximum Gasteiger partial charge on any atom is 0.282 e. The Morgan fingerprint density at radius 2 is 1.58 bits per heavy atom. The number of aryl methyl sites for hydroxylation is 3. The highest BCUT2D eigenvalue weighted by molar-refractivity contribution is 6.46. The second-order valence-electron chi connectivity index (χ2n) is 8.32. The Hall–Kier alpha value is -3.86. The van der Waals surface area contributed by atoms with E-state index in [-0.39, 0.29) is 17.5 Å². The molecular formula is C28H28N2O3. The van der Waals surface area contributed by atoms with Crippen LogP contribution < -0.4 is 15.0 Å². The number of ether oxygens (including phenoxy) is 1. The average molecular weight is 441 g/mol. The summed E-state index contributed by atoms with van der Waals surface area (Å²) >= 11 is 0. The maximum atomic E-state index is 13.7. The Morgan fingerprint density at radius 1 is 0.848 bits per heavy atom. The number of hydrogen-bond acceptors (Lipinski definition) is 4. The van der Waals surface area contributed by atoms with Crippen molar-refractivity contribution in [2.75, 3.05) is 16.8 Å². The molecule has 0 spiro atoms. The minimum absolute atomic E-state index is 0.277. The normalized spacial score (nSPS) is 13.7. The van der Waals surface area contributed by atoms with E-state index in [1.165, 1.54) is 4.90 Å². The van der Waals surface area contributed by atoms with Gasteiger partial charge in [0, 0.05) is 5.69 Å². The highest BCUT2D eigenvalue weighted by Crippen LogP contribution is 2.36. The zero-order valence-corrected chi connectivity index (χ0v) is 19.7. The molecule has 0 saturated heterocycles. The summed E-state index contributed by atoms with van der Waals surface area (Å²) in [5, 5.41) is 3.29. The van der Waals surface area contributed by atoms with E-state index in [1.54, 1.807) is 0 Å². The average Bonchev–Trinajstić information content (AvgIpc) is 3.03. The highest BCUT2D eigenvalue weighted by atomic mass is 16.5. The summed E-state index contributed by atoms with van der Waals surface area (Å²) in [4.78, 5) is 28.7. The molecule has 0 unspecified atom stereocenters. The number of hydrogen-bond donors (Lipinski definition) is 1. The molecule has 4 rings (SSSR count). The fourth-order valence-electron chi connectivity index (χ4n) is 4.00. The fourth-order valence-corrected chi connectivity index (χ4v) is 4.00. The minimum atomic E-state index is -0.363. The molecule has 5 heteroatoms. The highest BCUT2D eigenvalue weighted by Gasteiger charge is 2.41. The largest absolute Gasteiger partial charge is 0.494 e. The van der Waals surface area contributed by atoms with Crippen molar-refractivity contribution in [1.29, 1.82) is 0 Å². The summed E-state index contributed by atoms with van der Waals surface area (Å²) in [5.74, 6) is 0.0122. The topological polar surface area (TPSA) is 58.6 Å². The Kier molecular flexibility index (Phi) is 6.05. The zero-order chi connectivity index (χ0) is 23.7. The van der Waals surface area contributed by atoms with Crippen LogP contribution in [-0.2, 0) is 9.59 Å². The molecular weight excluding hydrogens is 412 g/mol. The first kappa shape index (κ1) is 22.3. The quantitative estimate of drug-likeness (QED) is 0.499. The van der Waals surface area contributed by atoms with Gasteiger partial charge in [-0.2, -0.15) is 0 Å². The van der Waals surface area contributed by atoms with E-state index in [2.05, 4.69) is 5.32 Å². The number of imide groups is 1. The third-order valence-corrected chi connectivity index (χ3v) is 6.01. The summed E-state index contributed by atoms with van der Waals surface area (Å²) in [6.45, 7) is 10.3. The molecule has 0 aliphatic carbocycles. The molecule has 0 bridgehead atoms. The lowest BCUT2D eigenvalue weighted by molar-refractivity contribution is -0.120. The number of rotatable bonds is 6. The van der Waals surface area contributed by atoms with Crippen LogP contribution in [-0.4, -0.2) is 18.4 Å². The Balaban J connectivity index is 1.85. The van der Waals surface area contributed by atoms with E-state index in [0.717, 1.165) is 27.9 Å². The van der Waals surface area contributed by atoms with Crippen molar-refractivity contribution >= 4 is 28.8 Å². The number of amides is 2. The van der Waals surface area contributed by atoms with E-state index in [9.17, 15) is 9.59 Å².